The standard InChI is InChI=1S/C16H16BrFN2O/c17-14-7-5-12(6-8-14)9-10-19-16(21)20-11-13-3-1-2-4-15(13)18/h1-8H,9-11H2,(H2,19,20,21). The molecule has 3 nitrogen and oxygen atoms in total. The van der Waals surface area contributed by atoms with Gasteiger partial charge in [-0.3, -0.25) is 0 Å². The Morgan fingerprint density at radius 3 is 2.48 bits per heavy atom. The number of amides is 2. The quantitative estimate of drug-likeness (QED) is 0.849. The number of halogens is 2. The maximum atomic E-state index is 13.4. The number of hydrogen-bond acceptors (Lipinski definition) is 1. The van der Waals surface area contributed by atoms with Crippen LogP contribution in [-0.2, 0) is 13.0 Å². The normalized spacial score (nSPS) is 10.2. The van der Waals surface area contributed by atoms with Crippen molar-refractivity contribution >= 4 is 22.0 Å². The van der Waals surface area contributed by atoms with Crippen LogP contribution in [0.1, 0.15) is 11.1 Å². The zero-order valence-electron chi connectivity index (χ0n) is 11.4. The van der Waals surface area contributed by atoms with Crippen molar-refractivity contribution in [3.05, 3.63) is 69.9 Å². The van der Waals surface area contributed by atoms with Crippen molar-refractivity contribution < 1.29 is 9.18 Å². The molecule has 21 heavy (non-hydrogen) atoms. The molecule has 0 heterocycles. The first kappa shape index (κ1) is 15.5. The summed E-state index contributed by atoms with van der Waals surface area (Å²) in [6.45, 7) is 0.710. The molecule has 0 radical (unpaired) electrons. The lowest BCUT2D eigenvalue weighted by atomic mass is 10.1. The number of carbonyl (C=O) groups excluding carboxylic acids is 1. The molecule has 110 valence electrons. The summed E-state index contributed by atoms with van der Waals surface area (Å²) >= 11 is 3.37. The van der Waals surface area contributed by atoms with Crippen molar-refractivity contribution in [1.82, 2.24) is 10.6 Å². The van der Waals surface area contributed by atoms with Gasteiger partial charge in [-0.2, -0.15) is 0 Å². The summed E-state index contributed by atoms with van der Waals surface area (Å²) in [7, 11) is 0. The molecule has 0 fully saturated rings. The summed E-state index contributed by atoms with van der Waals surface area (Å²) in [6.07, 6.45) is 0.750. The van der Waals surface area contributed by atoms with Crippen LogP contribution in [0.2, 0.25) is 0 Å². The van der Waals surface area contributed by atoms with E-state index in [1.165, 1.54) is 6.07 Å². The van der Waals surface area contributed by atoms with Gasteiger partial charge in [-0.25, -0.2) is 9.18 Å². The molecule has 0 spiro atoms. The Hall–Kier alpha value is -1.88. The van der Waals surface area contributed by atoms with E-state index in [0.717, 1.165) is 16.5 Å². The van der Waals surface area contributed by atoms with Crippen LogP contribution in [0.15, 0.2) is 53.0 Å². The second kappa shape index (κ2) is 7.78. The van der Waals surface area contributed by atoms with Crippen LogP contribution in [0.4, 0.5) is 9.18 Å². The molecule has 0 bridgehead atoms. The van der Waals surface area contributed by atoms with Crippen LogP contribution in [0.3, 0.4) is 0 Å². The molecule has 2 aromatic rings. The average Bonchev–Trinajstić information content (AvgIpc) is 2.48. The second-order valence-electron chi connectivity index (χ2n) is 4.58. The Kier molecular flexibility index (Phi) is 5.75. The Bertz CT molecular complexity index is 601. The third kappa shape index (κ3) is 5.19. The minimum absolute atomic E-state index is 0.177. The lowest BCUT2D eigenvalue weighted by Crippen LogP contribution is -2.36. The first-order chi connectivity index (χ1) is 10.1. The van der Waals surface area contributed by atoms with Gasteiger partial charge in [0.05, 0.1) is 0 Å². The van der Waals surface area contributed by atoms with Gasteiger partial charge < -0.3 is 10.6 Å². The van der Waals surface area contributed by atoms with Gasteiger partial charge in [0.2, 0.25) is 0 Å². The first-order valence-electron chi connectivity index (χ1n) is 6.65. The van der Waals surface area contributed by atoms with Crippen LogP contribution in [0.25, 0.3) is 0 Å². The third-order valence-electron chi connectivity index (χ3n) is 3.01. The van der Waals surface area contributed by atoms with E-state index >= 15 is 0 Å². The molecule has 0 aliphatic rings. The van der Waals surface area contributed by atoms with E-state index in [0.29, 0.717) is 12.1 Å². The molecule has 2 rings (SSSR count). The SMILES string of the molecule is O=C(NCCc1ccc(Br)cc1)NCc1ccccc1F. The van der Waals surface area contributed by atoms with Crippen molar-refractivity contribution in [3.8, 4) is 0 Å². The Morgan fingerprint density at radius 2 is 1.76 bits per heavy atom. The van der Waals surface area contributed by atoms with Gasteiger partial charge in [-0.1, -0.05) is 46.3 Å². The van der Waals surface area contributed by atoms with E-state index in [1.54, 1.807) is 18.2 Å². The van der Waals surface area contributed by atoms with Crippen LogP contribution in [-0.4, -0.2) is 12.6 Å². The molecular formula is C16H16BrFN2O. The fourth-order valence-corrected chi connectivity index (χ4v) is 2.12. The number of nitrogens with one attached hydrogen (secondary N) is 2. The van der Waals surface area contributed by atoms with Crippen molar-refractivity contribution in [2.75, 3.05) is 6.54 Å². The fraction of sp³-hybridized carbons (Fsp3) is 0.188. The van der Waals surface area contributed by atoms with Gasteiger partial charge >= 0.3 is 6.03 Å². The number of urea groups is 1. The zero-order valence-corrected chi connectivity index (χ0v) is 13.0. The van der Waals surface area contributed by atoms with Crippen LogP contribution in [0, 0.1) is 5.82 Å². The predicted molar refractivity (Wildman–Crippen MR) is 84.5 cm³/mol. The number of rotatable bonds is 5. The molecule has 0 unspecified atom stereocenters. The molecule has 2 amide bonds. The maximum absolute atomic E-state index is 13.4. The lowest BCUT2D eigenvalue weighted by Gasteiger charge is -2.08. The Balaban J connectivity index is 1.70. The Morgan fingerprint density at radius 1 is 1.05 bits per heavy atom. The highest BCUT2D eigenvalue weighted by molar-refractivity contribution is 9.10. The lowest BCUT2D eigenvalue weighted by molar-refractivity contribution is 0.240. The summed E-state index contributed by atoms with van der Waals surface area (Å²) in [5.74, 6) is -0.312. The highest BCUT2D eigenvalue weighted by Crippen LogP contribution is 2.10. The number of benzene rings is 2. The van der Waals surface area contributed by atoms with Gasteiger partial charge in [0.1, 0.15) is 5.82 Å². The minimum atomic E-state index is -0.312. The van der Waals surface area contributed by atoms with Crippen molar-refractivity contribution in [3.63, 3.8) is 0 Å². The maximum Gasteiger partial charge on any atom is 0.315 e. The van der Waals surface area contributed by atoms with Gasteiger partial charge in [0.25, 0.3) is 0 Å². The number of carbonyl (C=O) groups is 1. The van der Waals surface area contributed by atoms with Gasteiger partial charge in [-0.05, 0) is 30.2 Å². The molecular weight excluding hydrogens is 335 g/mol. The summed E-state index contributed by atoms with van der Waals surface area (Å²) < 4.78 is 14.4. The van der Waals surface area contributed by atoms with E-state index in [4.69, 9.17) is 0 Å². The van der Waals surface area contributed by atoms with E-state index in [1.807, 2.05) is 24.3 Å². The highest BCUT2D eigenvalue weighted by atomic mass is 79.9. The van der Waals surface area contributed by atoms with Crippen molar-refractivity contribution in [1.29, 1.82) is 0 Å². The molecule has 0 aliphatic carbocycles. The second-order valence-corrected chi connectivity index (χ2v) is 5.49. The Labute approximate surface area is 131 Å². The predicted octanol–water partition coefficient (Wildman–Crippen LogP) is 3.63. The third-order valence-corrected chi connectivity index (χ3v) is 3.54. The molecule has 2 N–H and O–H groups in total. The molecule has 2 aromatic carbocycles. The highest BCUT2D eigenvalue weighted by Gasteiger charge is 2.03. The topological polar surface area (TPSA) is 41.1 Å². The van der Waals surface area contributed by atoms with Gasteiger partial charge in [0, 0.05) is 23.1 Å². The van der Waals surface area contributed by atoms with Crippen LogP contribution < -0.4 is 10.6 Å². The average molecular weight is 351 g/mol. The summed E-state index contributed by atoms with van der Waals surface area (Å²) in [6, 6.07) is 14.0. The van der Waals surface area contributed by atoms with Gasteiger partial charge in [0.15, 0.2) is 0 Å². The largest absolute Gasteiger partial charge is 0.338 e. The fourth-order valence-electron chi connectivity index (χ4n) is 1.85. The minimum Gasteiger partial charge on any atom is -0.338 e. The molecule has 5 heteroatoms. The van der Waals surface area contributed by atoms with E-state index in [2.05, 4.69) is 26.6 Å². The summed E-state index contributed by atoms with van der Waals surface area (Å²) in [5, 5.41) is 5.39. The smallest absolute Gasteiger partial charge is 0.315 e. The van der Waals surface area contributed by atoms with Crippen LogP contribution in [0.5, 0.6) is 0 Å². The van der Waals surface area contributed by atoms with Crippen LogP contribution >= 0.6 is 15.9 Å². The van der Waals surface area contributed by atoms with E-state index in [9.17, 15) is 9.18 Å². The van der Waals surface area contributed by atoms with E-state index in [-0.39, 0.29) is 18.4 Å². The zero-order chi connectivity index (χ0) is 15.1. The molecule has 0 saturated heterocycles. The molecule has 0 aliphatic heterocycles. The first-order valence-corrected chi connectivity index (χ1v) is 7.44. The molecule has 0 saturated carbocycles. The van der Waals surface area contributed by atoms with Gasteiger partial charge in [-0.15, -0.1) is 0 Å². The van der Waals surface area contributed by atoms with E-state index < -0.39 is 0 Å². The van der Waals surface area contributed by atoms with Crippen molar-refractivity contribution in [2.24, 2.45) is 0 Å². The summed E-state index contributed by atoms with van der Waals surface area (Å²) in [5.41, 5.74) is 1.62. The summed E-state index contributed by atoms with van der Waals surface area (Å²) in [4.78, 5) is 11.6. The molecule has 0 atom stereocenters. The van der Waals surface area contributed by atoms with Crippen molar-refractivity contribution in [2.45, 2.75) is 13.0 Å². The molecule has 0 aromatic heterocycles. The monoisotopic (exact) mass is 350 g/mol. The number of hydrogen-bond donors (Lipinski definition) is 2.